The third kappa shape index (κ3) is 2.91. The van der Waals surface area contributed by atoms with Gasteiger partial charge in [0.1, 0.15) is 0 Å². The molecule has 1 atom stereocenters. The average Bonchev–Trinajstić information content (AvgIpc) is 2.38. The van der Waals surface area contributed by atoms with Gasteiger partial charge in [0, 0.05) is 25.2 Å². The molecular weight excluding hydrogens is 224 g/mol. The summed E-state index contributed by atoms with van der Waals surface area (Å²) in [5.74, 6) is 0.776. The number of amides is 1. The van der Waals surface area contributed by atoms with Crippen LogP contribution in [-0.4, -0.2) is 25.5 Å². The van der Waals surface area contributed by atoms with Crippen molar-refractivity contribution in [2.24, 2.45) is 5.92 Å². The van der Waals surface area contributed by atoms with Gasteiger partial charge in [-0.25, -0.2) is 0 Å². The van der Waals surface area contributed by atoms with Crippen LogP contribution in [0.15, 0.2) is 24.3 Å². The van der Waals surface area contributed by atoms with E-state index in [1.807, 2.05) is 11.0 Å². The van der Waals surface area contributed by atoms with E-state index in [9.17, 15) is 4.79 Å². The summed E-state index contributed by atoms with van der Waals surface area (Å²) < 4.78 is 0. The molecule has 2 rings (SSSR count). The topological polar surface area (TPSA) is 32.3 Å². The molecule has 0 radical (unpaired) electrons. The zero-order chi connectivity index (χ0) is 13.0. The van der Waals surface area contributed by atoms with Crippen molar-refractivity contribution in [3.8, 4) is 0 Å². The molecule has 1 aliphatic heterocycles. The van der Waals surface area contributed by atoms with Crippen molar-refractivity contribution in [1.29, 1.82) is 0 Å². The summed E-state index contributed by atoms with van der Waals surface area (Å²) in [6.07, 6.45) is 1.65. The molecule has 0 aliphatic carbocycles. The highest BCUT2D eigenvalue weighted by atomic mass is 16.2. The highest BCUT2D eigenvalue weighted by molar-refractivity contribution is 5.94. The molecule has 18 heavy (non-hydrogen) atoms. The summed E-state index contributed by atoms with van der Waals surface area (Å²) in [5.41, 5.74) is 2.41. The lowest BCUT2D eigenvalue weighted by Gasteiger charge is -2.33. The Kier molecular flexibility index (Phi) is 4.37. The van der Waals surface area contributed by atoms with Crippen LogP contribution in [0, 0.1) is 5.92 Å². The van der Waals surface area contributed by atoms with Gasteiger partial charge < -0.3 is 10.2 Å². The van der Waals surface area contributed by atoms with Crippen LogP contribution in [0.3, 0.4) is 0 Å². The summed E-state index contributed by atoms with van der Waals surface area (Å²) >= 11 is 0. The van der Waals surface area contributed by atoms with E-state index in [4.69, 9.17) is 0 Å². The first-order chi connectivity index (χ1) is 8.72. The van der Waals surface area contributed by atoms with E-state index in [2.05, 4.69) is 37.4 Å². The van der Waals surface area contributed by atoms with Crippen molar-refractivity contribution in [2.45, 2.75) is 26.7 Å². The van der Waals surface area contributed by atoms with Crippen molar-refractivity contribution in [1.82, 2.24) is 5.32 Å². The van der Waals surface area contributed by atoms with Gasteiger partial charge in [-0.3, -0.25) is 4.79 Å². The fraction of sp³-hybridized carbons (Fsp3) is 0.533. The Morgan fingerprint density at radius 2 is 2.22 bits per heavy atom. The summed E-state index contributed by atoms with van der Waals surface area (Å²) in [5, 5.41) is 3.21. The van der Waals surface area contributed by atoms with Crippen LogP contribution in [-0.2, 0) is 11.2 Å². The molecular formula is C15H22N2O. The second kappa shape index (κ2) is 6.01. The summed E-state index contributed by atoms with van der Waals surface area (Å²) in [6.45, 7) is 6.80. The second-order valence-electron chi connectivity index (χ2n) is 5.05. The number of carbonyl (C=O) groups is 1. The molecule has 1 amide bonds. The molecule has 0 bridgehead atoms. The van der Waals surface area contributed by atoms with Crippen LogP contribution in [0.4, 0.5) is 5.69 Å². The number of hydrogen-bond acceptors (Lipinski definition) is 2. The van der Waals surface area contributed by atoms with Gasteiger partial charge in [0.15, 0.2) is 0 Å². The van der Waals surface area contributed by atoms with Gasteiger partial charge in [-0.05, 0) is 30.5 Å². The minimum Gasteiger partial charge on any atom is -0.316 e. The molecule has 0 fully saturated rings. The molecule has 1 unspecified atom stereocenters. The predicted octanol–water partition coefficient (Wildman–Crippen LogP) is 2.21. The van der Waals surface area contributed by atoms with E-state index in [1.54, 1.807) is 0 Å². The van der Waals surface area contributed by atoms with Gasteiger partial charge in [-0.1, -0.05) is 32.0 Å². The molecule has 0 saturated heterocycles. The van der Waals surface area contributed by atoms with Gasteiger partial charge in [-0.15, -0.1) is 0 Å². The first kappa shape index (κ1) is 13.1. The first-order valence-electron chi connectivity index (χ1n) is 6.81. The van der Waals surface area contributed by atoms with E-state index in [0.29, 0.717) is 12.3 Å². The van der Waals surface area contributed by atoms with E-state index in [0.717, 1.165) is 31.7 Å². The highest BCUT2D eigenvalue weighted by Crippen LogP contribution is 2.29. The van der Waals surface area contributed by atoms with Crippen molar-refractivity contribution < 1.29 is 4.79 Å². The highest BCUT2D eigenvalue weighted by Gasteiger charge is 2.25. The lowest BCUT2D eigenvalue weighted by molar-refractivity contribution is -0.118. The van der Waals surface area contributed by atoms with E-state index >= 15 is 0 Å². The number of nitrogens with zero attached hydrogens (tertiary/aromatic N) is 1. The molecule has 1 aromatic rings. The smallest absolute Gasteiger partial charge is 0.228 e. The normalized spacial score (nSPS) is 18.6. The standard InChI is InChI=1S/C15H22N2O/c1-3-16-9-8-15(18)17-11-12(2)10-13-6-4-5-7-14(13)17/h4-7,12,16H,3,8-11H2,1-2H3. The maximum Gasteiger partial charge on any atom is 0.228 e. The Morgan fingerprint density at radius 1 is 1.44 bits per heavy atom. The number of rotatable bonds is 4. The van der Waals surface area contributed by atoms with E-state index in [-0.39, 0.29) is 5.91 Å². The van der Waals surface area contributed by atoms with Gasteiger partial charge in [0.2, 0.25) is 5.91 Å². The maximum atomic E-state index is 12.3. The number of para-hydroxylation sites is 1. The van der Waals surface area contributed by atoms with E-state index < -0.39 is 0 Å². The second-order valence-corrected chi connectivity index (χ2v) is 5.05. The van der Waals surface area contributed by atoms with E-state index in [1.165, 1.54) is 5.56 Å². The predicted molar refractivity (Wildman–Crippen MR) is 74.8 cm³/mol. The van der Waals surface area contributed by atoms with Crippen molar-refractivity contribution in [3.05, 3.63) is 29.8 Å². The third-order valence-corrected chi connectivity index (χ3v) is 3.41. The largest absolute Gasteiger partial charge is 0.316 e. The first-order valence-corrected chi connectivity index (χ1v) is 6.81. The Morgan fingerprint density at radius 3 is 3.00 bits per heavy atom. The third-order valence-electron chi connectivity index (χ3n) is 3.41. The quantitative estimate of drug-likeness (QED) is 0.826. The van der Waals surface area contributed by atoms with Crippen LogP contribution < -0.4 is 10.2 Å². The number of anilines is 1. The maximum absolute atomic E-state index is 12.3. The fourth-order valence-corrected chi connectivity index (χ4v) is 2.54. The Balaban J connectivity index is 2.10. The lowest BCUT2D eigenvalue weighted by Crippen LogP contribution is -2.40. The fourth-order valence-electron chi connectivity index (χ4n) is 2.54. The van der Waals surface area contributed by atoms with Crippen molar-refractivity contribution >= 4 is 11.6 Å². The van der Waals surface area contributed by atoms with Crippen LogP contribution in [0.5, 0.6) is 0 Å². The molecule has 1 aromatic carbocycles. The van der Waals surface area contributed by atoms with Crippen LogP contribution in [0.25, 0.3) is 0 Å². The molecule has 0 saturated carbocycles. The van der Waals surface area contributed by atoms with Crippen LogP contribution in [0.1, 0.15) is 25.8 Å². The monoisotopic (exact) mass is 246 g/mol. The molecule has 0 aromatic heterocycles. The average molecular weight is 246 g/mol. The van der Waals surface area contributed by atoms with Gasteiger partial charge in [0.25, 0.3) is 0 Å². The minimum atomic E-state index is 0.231. The molecule has 1 heterocycles. The zero-order valence-electron chi connectivity index (χ0n) is 11.3. The van der Waals surface area contributed by atoms with Crippen LogP contribution in [0.2, 0.25) is 0 Å². The molecule has 1 N–H and O–H groups in total. The van der Waals surface area contributed by atoms with Gasteiger partial charge in [-0.2, -0.15) is 0 Å². The molecule has 3 heteroatoms. The molecule has 98 valence electrons. The summed E-state index contributed by atoms with van der Waals surface area (Å²) in [7, 11) is 0. The number of carbonyl (C=O) groups excluding carboxylic acids is 1. The summed E-state index contributed by atoms with van der Waals surface area (Å²) in [4.78, 5) is 14.2. The number of hydrogen-bond donors (Lipinski definition) is 1. The SMILES string of the molecule is CCNCCC(=O)N1CC(C)Cc2ccccc21. The Bertz CT molecular complexity index is 417. The van der Waals surface area contributed by atoms with Crippen molar-refractivity contribution in [2.75, 3.05) is 24.5 Å². The molecule has 0 spiro atoms. The van der Waals surface area contributed by atoms with Gasteiger partial charge >= 0.3 is 0 Å². The molecule has 3 nitrogen and oxygen atoms in total. The van der Waals surface area contributed by atoms with Gasteiger partial charge in [0.05, 0.1) is 0 Å². The number of fused-ring (bicyclic) bond motifs is 1. The summed E-state index contributed by atoms with van der Waals surface area (Å²) in [6, 6.07) is 8.26. The molecule has 1 aliphatic rings. The minimum absolute atomic E-state index is 0.231. The van der Waals surface area contributed by atoms with Crippen LogP contribution >= 0.6 is 0 Å². The van der Waals surface area contributed by atoms with Crippen molar-refractivity contribution in [3.63, 3.8) is 0 Å². The Hall–Kier alpha value is -1.35. The Labute approximate surface area is 109 Å². The number of benzene rings is 1. The number of nitrogens with one attached hydrogen (secondary N) is 1. The lowest BCUT2D eigenvalue weighted by atomic mass is 9.93. The zero-order valence-corrected chi connectivity index (χ0v) is 11.3.